The molecule has 0 aliphatic carbocycles. The Hall–Kier alpha value is -3.93. The number of carbonyl (C=O) groups is 1. The summed E-state index contributed by atoms with van der Waals surface area (Å²) in [6, 6.07) is 22.6. The van der Waals surface area contributed by atoms with Gasteiger partial charge in [-0.2, -0.15) is 0 Å². The lowest BCUT2D eigenvalue weighted by Gasteiger charge is -2.07. The Morgan fingerprint density at radius 2 is 1.67 bits per heavy atom. The van der Waals surface area contributed by atoms with Crippen LogP contribution >= 0.6 is 0 Å². The van der Waals surface area contributed by atoms with E-state index in [2.05, 4.69) is 9.97 Å². The Bertz CT molecular complexity index is 1080. The average Bonchev–Trinajstić information content (AvgIpc) is 3.27. The Labute approximate surface area is 174 Å². The van der Waals surface area contributed by atoms with Gasteiger partial charge in [0.2, 0.25) is 5.89 Å². The first-order chi connectivity index (χ1) is 14.8. The number of ether oxygens (including phenoxy) is 2. The highest BCUT2D eigenvalue weighted by Crippen LogP contribution is 2.18. The predicted molar refractivity (Wildman–Crippen MR) is 110 cm³/mol. The molecule has 0 aliphatic rings. The van der Waals surface area contributed by atoms with Gasteiger partial charge in [0.15, 0.2) is 0 Å². The topological polar surface area (TPSA) is 74.5 Å². The third kappa shape index (κ3) is 5.32. The van der Waals surface area contributed by atoms with Gasteiger partial charge in [-0.1, -0.05) is 36.4 Å². The molecule has 4 rings (SSSR count). The Balaban J connectivity index is 1.24. The zero-order chi connectivity index (χ0) is 20.6. The molecular formula is C24H20N2O4. The smallest absolute Gasteiger partial charge is 0.312 e. The molecule has 4 aromatic rings. The number of pyridine rings is 1. The van der Waals surface area contributed by atoms with Gasteiger partial charge < -0.3 is 13.9 Å². The van der Waals surface area contributed by atoms with Gasteiger partial charge in [-0.25, -0.2) is 4.98 Å². The van der Waals surface area contributed by atoms with E-state index in [0.29, 0.717) is 18.2 Å². The molecular weight excluding hydrogens is 380 g/mol. The molecule has 0 unspecified atom stereocenters. The largest absolute Gasteiger partial charge is 0.487 e. The molecule has 0 bridgehead atoms. The van der Waals surface area contributed by atoms with E-state index < -0.39 is 0 Å². The minimum Gasteiger partial charge on any atom is -0.487 e. The third-order valence-corrected chi connectivity index (χ3v) is 4.33. The van der Waals surface area contributed by atoms with Crippen LogP contribution in [0, 0.1) is 0 Å². The lowest BCUT2D eigenvalue weighted by Crippen LogP contribution is -2.08. The molecule has 0 aliphatic heterocycles. The Kier molecular flexibility index (Phi) is 6.15. The first-order valence-corrected chi connectivity index (χ1v) is 9.53. The van der Waals surface area contributed by atoms with Crippen molar-refractivity contribution in [1.82, 2.24) is 9.97 Å². The lowest BCUT2D eigenvalue weighted by molar-refractivity contribution is -0.144. The molecule has 0 N–H and O–H groups in total. The molecule has 0 saturated carbocycles. The van der Waals surface area contributed by atoms with E-state index in [4.69, 9.17) is 13.9 Å². The van der Waals surface area contributed by atoms with Gasteiger partial charge in [0.1, 0.15) is 25.2 Å². The van der Waals surface area contributed by atoms with Crippen molar-refractivity contribution in [1.29, 1.82) is 0 Å². The summed E-state index contributed by atoms with van der Waals surface area (Å²) in [5.41, 5.74) is 3.14. The van der Waals surface area contributed by atoms with Gasteiger partial charge >= 0.3 is 5.97 Å². The summed E-state index contributed by atoms with van der Waals surface area (Å²) in [6.07, 6.45) is 3.27. The summed E-state index contributed by atoms with van der Waals surface area (Å²) in [7, 11) is 0. The van der Waals surface area contributed by atoms with E-state index in [0.717, 1.165) is 22.6 Å². The summed E-state index contributed by atoms with van der Waals surface area (Å²) in [5, 5.41) is 0. The van der Waals surface area contributed by atoms with Crippen molar-refractivity contribution in [3.8, 4) is 17.2 Å². The van der Waals surface area contributed by atoms with E-state index in [1.165, 1.54) is 6.26 Å². The fourth-order valence-corrected chi connectivity index (χ4v) is 2.79. The van der Waals surface area contributed by atoms with Crippen LogP contribution in [0.1, 0.15) is 17.0 Å². The van der Waals surface area contributed by atoms with Gasteiger partial charge in [-0.05, 0) is 42.0 Å². The van der Waals surface area contributed by atoms with Crippen molar-refractivity contribution in [3.05, 3.63) is 102 Å². The second-order valence-corrected chi connectivity index (χ2v) is 6.60. The second-order valence-electron chi connectivity index (χ2n) is 6.60. The summed E-state index contributed by atoms with van der Waals surface area (Å²) >= 11 is 0. The Morgan fingerprint density at radius 1 is 0.867 bits per heavy atom. The maximum Gasteiger partial charge on any atom is 0.312 e. The molecule has 0 spiro atoms. The van der Waals surface area contributed by atoms with Crippen LogP contribution in [0.4, 0.5) is 0 Å². The molecule has 0 amide bonds. The number of hydrogen-bond donors (Lipinski definition) is 0. The minimum atomic E-state index is -0.363. The number of nitrogens with zero attached hydrogens (tertiary/aromatic N) is 2. The number of hydrogen-bond acceptors (Lipinski definition) is 6. The quantitative estimate of drug-likeness (QED) is 0.402. The maximum atomic E-state index is 12.1. The summed E-state index contributed by atoms with van der Waals surface area (Å²) in [5.74, 6) is 0.852. The normalized spacial score (nSPS) is 10.5. The molecule has 6 nitrogen and oxygen atoms in total. The highest BCUT2D eigenvalue weighted by molar-refractivity contribution is 5.72. The van der Waals surface area contributed by atoms with Gasteiger partial charge in [-0.3, -0.25) is 9.78 Å². The highest BCUT2D eigenvalue weighted by Gasteiger charge is 2.11. The molecule has 0 fully saturated rings. The van der Waals surface area contributed by atoms with E-state index in [1.54, 1.807) is 6.20 Å². The van der Waals surface area contributed by atoms with Gasteiger partial charge in [0, 0.05) is 11.8 Å². The fourth-order valence-electron chi connectivity index (χ4n) is 2.79. The van der Waals surface area contributed by atoms with E-state index in [9.17, 15) is 4.79 Å². The molecule has 2 heterocycles. The van der Waals surface area contributed by atoms with Crippen molar-refractivity contribution in [3.63, 3.8) is 0 Å². The van der Waals surface area contributed by atoms with Crippen LogP contribution in [-0.4, -0.2) is 15.9 Å². The maximum absolute atomic E-state index is 12.1. The Morgan fingerprint density at radius 3 is 2.43 bits per heavy atom. The van der Waals surface area contributed by atoms with Crippen molar-refractivity contribution in [2.45, 2.75) is 19.6 Å². The summed E-state index contributed by atoms with van der Waals surface area (Å²) < 4.78 is 16.5. The first kappa shape index (κ1) is 19.4. The SMILES string of the molecule is O=C(Cc1coc(-c2ccccc2)n1)OCc1ccc(OCc2ccccn2)cc1. The van der Waals surface area contributed by atoms with E-state index in [1.807, 2.05) is 72.8 Å². The van der Waals surface area contributed by atoms with Gasteiger partial charge in [0.25, 0.3) is 0 Å². The number of carbonyl (C=O) groups excluding carboxylic acids is 1. The summed E-state index contributed by atoms with van der Waals surface area (Å²) in [6.45, 7) is 0.584. The predicted octanol–water partition coefficient (Wildman–Crippen LogP) is 4.60. The number of esters is 1. The molecule has 0 saturated heterocycles. The van der Waals surface area contributed by atoms with Gasteiger partial charge in [-0.15, -0.1) is 0 Å². The molecule has 150 valence electrons. The average molecular weight is 400 g/mol. The van der Waals surface area contributed by atoms with E-state index >= 15 is 0 Å². The molecule has 2 aromatic heterocycles. The monoisotopic (exact) mass is 400 g/mol. The molecule has 6 heteroatoms. The highest BCUT2D eigenvalue weighted by atomic mass is 16.5. The number of aromatic nitrogens is 2. The second kappa shape index (κ2) is 9.52. The van der Waals surface area contributed by atoms with Crippen LogP contribution in [0.25, 0.3) is 11.5 Å². The molecule has 30 heavy (non-hydrogen) atoms. The van der Waals surface area contributed by atoms with Crippen molar-refractivity contribution < 1.29 is 18.7 Å². The van der Waals surface area contributed by atoms with Crippen LogP contribution in [0.5, 0.6) is 5.75 Å². The van der Waals surface area contributed by atoms with Gasteiger partial charge in [0.05, 0.1) is 17.8 Å². The standard InChI is InChI=1S/C24H20N2O4/c27-23(14-21-17-30-24(26-21)19-6-2-1-3-7-19)29-15-18-9-11-22(12-10-18)28-16-20-8-4-5-13-25-20/h1-13,17H,14-16H2. The fraction of sp³-hybridized carbons (Fsp3) is 0.125. The van der Waals surface area contributed by atoms with Crippen LogP contribution in [0.2, 0.25) is 0 Å². The number of benzene rings is 2. The minimum absolute atomic E-state index is 0.0571. The van der Waals surface area contributed by atoms with Crippen LogP contribution < -0.4 is 4.74 Å². The lowest BCUT2D eigenvalue weighted by atomic mass is 10.2. The number of oxazole rings is 1. The first-order valence-electron chi connectivity index (χ1n) is 9.53. The van der Waals surface area contributed by atoms with Crippen molar-refractivity contribution >= 4 is 5.97 Å². The molecule has 0 atom stereocenters. The van der Waals surface area contributed by atoms with Crippen molar-refractivity contribution in [2.24, 2.45) is 0 Å². The third-order valence-electron chi connectivity index (χ3n) is 4.33. The molecule has 0 radical (unpaired) electrons. The van der Waals surface area contributed by atoms with Crippen LogP contribution in [0.15, 0.2) is 89.7 Å². The van der Waals surface area contributed by atoms with Crippen LogP contribution in [-0.2, 0) is 29.2 Å². The zero-order valence-electron chi connectivity index (χ0n) is 16.2. The van der Waals surface area contributed by atoms with E-state index in [-0.39, 0.29) is 19.0 Å². The van der Waals surface area contributed by atoms with Crippen molar-refractivity contribution in [2.75, 3.05) is 0 Å². The number of rotatable bonds is 8. The van der Waals surface area contributed by atoms with Crippen LogP contribution in [0.3, 0.4) is 0 Å². The summed E-state index contributed by atoms with van der Waals surface area (Å²) in [4.78, 5) is 20.7. The molecule has 2 aromatic carbocycles. The zero-order valence-corrected chi connectivity index (χ0v) is 16.2.